The van der Waals surface area contributed by atoms with Gasteiger partial charge in [0.2, 0.25) is 5.91 Å². The van der Waals surface area contributed by atoms with E-state index in [1.165, 1.54) is 0 Å². The minimum Gasteiger partial charge on any atom is -0.354 e. The van der Waals surface area contributed by atoms with Gasteiger partial charge in [0.25, 0.3) is 0 Å². The Balaban J connectivity index is 2.49. The third-order valence-corrected chi connectivity index (χ3v) is 1.61. The van der Waals surface area contributed by atoms with Crippen LogP contribution in [0.4, 0.5) is 13.2 Å². The van der Waals surface area contributed by atoms with Crippen molar-refractivity contribution in [3.05, 3.63) is 0 Å². The summed E-state index contributed by atoms with van der Waals surface area (Å²) in [6.07, 6.45) is -4.73. The number of rotatable bonds is 1. The van der Waals surface area contributed by atoms with Gasteiger partial charge in [0.15, 0.2) is 0 Å². The lowest BCUT2D eigenvalue weighted by Gasteiger charge is -2.11. The summed E-state index contributed by atoms with van der Waals surface area (Å²) in [5.74, 6) is -2.65. The molecule has 1 fully saturated rings. The third-order valence-electron chi connectivity index (χ3n) is 1.61. The SMILES string of the molecule is O=C1NCCC1NC(=O)C(F)(F)F. The van der Waals surface area contributed by atoms with Crippen molar-refractivity contribution >= 4 is 11.8 Å². The smallest absolute Gasteiger partial charge is 0.354 e. The van der Waals surface area contributed by atoms with Gasteiger partial charge in [0.05, 0.1) is 0 Å². The molecule has 1 atom stereocenters. The van der Waals surface area contributed by atoms with Crippen molar-refractivity contribution < 1.29 is 22.8 Å². The minimum atomic E-state index is -4.93. The predicted molar refractivity (Wildman–Crippen MR) is 35.6 cm³/mol. The first kappa shape index (κ1) is 9.82. The van der Waals surface area contributed by atoms with Crippen molar-refractivity contribution in [1.82, 2.24) is 10.6 Å². The molecule has 1 heterocycles. The second-order valence-electron chi connectivity index (χ2n) is 2.60. The number of nitrogens with one attached hydrogen (secondary N) is 2. The Morgan fingerprint density at radius 2 is 2.15 bits per heavy atom. The van der Waals surface area contributed by atoms with E-state index in [1.54, 1.807) is 5.32 Å². The summed E-state index contributed by atoms with van der Waals surface area (Å²) in [6.45, 7) is 0.293. The van der Waals surface area contributed by atoms with Gasteiger partial charge in [-0.05, 0) is 6.42 Å². The van der Waals surface area contributed by atoms with Gasteiger partial charge in [-0.15, -0.1) is 0 Å². The number of halogens is 3. The van der Waals surface area contributed by atoms with Crippen LogP contribution in [0.2, 0.25) is 0 Å². The van der Waals surface area contributed by atoms with Gasteiger partial charge >= 0.3 is 12.1 Å². The van der Waals surface area contributed by atoms with Crippen LogP contribution in [0.15, 0.2) is 0 Å². The molecule has 0 aromatic heterocycles. The van der Waals surface area contributed by atoms with Crippen molar-refractivity contribution in [2.24, 2.45) is 0 Å². The van der Waals surface area contributed by atoms with E-state index in [4.69, 9.17) is 0 Å². The van der Waals surface area contributed by atoms with E-state index in [0.717, 1.165) is 0 Å². The van der Waals surface area contributed by atoms with Crippen LogP contribution in [-0.2, 0) is 9.59 Å². The summed E-state index contributed by atoms with van der Waals surface area (Å²) in [4.78, 5) is 21.1. The molecule has 0 radical (unpaired) electrons. The van der Waals surface area contributed by atoms with E-state index < -0.39 is 24.0 Å². The lowest BCUT2D eigenvalue weighted by molar-refractivity contribution is -0.174. The summed E-state index contributed by atoms with van der Waals surface area (Å²) in [7, 11) is 0. The Morgan fingerprint density at radius 3 is 2.54 bits per heavy atom. The van der Waals surface area contributed by atoms with Gasteiger partial charge < -0.3 is 10.6 Å². The number of hydrogen-bond acceptors (Lipinski definition) is 2. The third kappa shape index (κ3) is 2.33. The average molecular weight is 196 g/mol. The first-order valence-corrected chi connectivity index (χ1v) is 3.56. The van der Waals surface area contributed by atoms with Crippen molar-refractivity contribution in [2.45, 2.75) is 18.6 Å². The molecule has 2 amide bonds. The van der Waals surface area contributed by atoms with Crippen LogP contribution in [0.5, 0.6) is 0 Å². The summed E-state index contributed by atoms with van der Waals surface area (Å²) >= 11 is 0. The number of alkyl halides is 3. The molecule has 13 heavy (non-hydrogen) atoms. The fraction of sp³-hybridized carbons (Fsp3) is 0.667. The highest BCUT2D eigenvalue weighted by Crippen LogP contribution is 2.15. The van der Waals surface area contributed by atoms with Gasteiger partial charge in [0, 0.05) is 6.54 Å². The maximum absolute atomic E-state index is 11.7. The Bertz CT molecular complexity index is 239. The largest absolute Gasteiger partial charge is 0.471 e. The molecule has 1 aliphatic heterocycles. The number of carbonyl (C=O) groups excluding carboxylic acids is 2. The summed E-state index contributed by atoms with van der Waals surface area (Å²) in [5, 5.41) is 3.90. The van der Waals surface area contributed by atoms with Crippen LogP contribution in [0.3, 0.4) is 0 Å². The fourth-order valence-corrected chi connectivity index (χ4v) is 0.972. The summed E-state index contributed by atoms with van der Waals surface area (Å²) < 4.78 is 35.1. The highest BCUT2D eigenvalue weighted by atomic mass is 19.4. The van der Waals surface area contributed by atoms with E-state index in [0.29, 0.717) is 6.54 Å². The zero-order valence-electron chi connectivity index (χ0n) is 6.44. The van der Waals surface area contributed by atoms with Crippen molar-refractivity contribution in [2.75, 3.05) is 6.54 Å². The monoisotopic (exact) mass is 196 g/mol. The van der Waals surface area contributed by atoms with Gasteiger partial charge in [-0.2, -0.15) is 13.2 Å². The molecule has 1 rings (SSSR count). The molecule has 1 saturated heterocycles. The van der Waals surface area contributed by atoms with E-state index in [1.807, 2.05) is 0 Å². The van der Waals surface area contributed by atoms with Crippen LogP contribution >= 0.6 is 0 Å². The highest BCUT2D eigenvalue weighted by Gasteiger charge is 2.41. The molecule has 0 aliphatic carbocycles. The van der Waals surface area contributed by atoms with Crippen LogP contribution in [0.1, 0.15) is 6.42 Å². The van der Waals surface area contributed by atoms with Crippen molar-refractivity contribution in [3.8, 4) is 0 Å². The van der Waals surface area contributed by atoms with Crippen LogP contribution in [-0.4, -0.2) is 30.6 Å². The van der Waals surface area contributed by atoms with Crippen LogP contribution in [0.25, 0.3) is 0 Å². The molecular weight excluding hydrogens is 189 g/mol. The van der Waals surface area contributed by atoms with E-state index in [2.05, 4.69) is 5.32 Å². The van der Waals surface area contributed by atoms with Crippen LogP contribution < -0.4 is 10.6 Å². The molecule has 0 aromatic carbocycles. The second-order valence-corrected chi connectivity index (χ2v) is 2.60. The first-order chi connectivity index (χ1) is 5.91. The molecule has 2 N–H and O–H groups in total. The fourth-order valence-electron chi connectivity index (χ4n) is 0.972. The van der Waals surface area contributed by atoms with Gasteiger partial charge in [-0.25, -0.2) is 0 Å². The molecule has 1 unspecified atom stereocenters. The molecule has 74 valence electrons. The molecule has 1 aliphatic rings. The topological polar surface area (TPSA) is 58.2 Å². The van der Waals surface area contributed by atoms with Gasteiger partial charge in [-0.3, -0.25) is 9.59 Å². The molecule has 4 nitrogen and oxygen atoms in total. The molecule has 0 spiro atoms. The number of amides is 2. The lowest BCUT2D eigenvalue weighted by atomic mass is 10.2. The second kappa shape index (κ2) is 3.23. The number of hydrogen-bond donors (Lipinski definition) is 2. The maximum Gasteiger partial charge on any atom is 0.471 e. The predicted octanol–water partition coefficient (Wildman–Crippen LogP) is -0.447. The molecule has 0 aromatic rings. The summed E-state index contributed by atoms with van der Waals surface area (Å²) in [5.41, 5.74) is 0. The Hall–Kier alpha value is -1.27. The van der Waals surface area contributed by atoms with Crippen molar-refractivity contribution in [3.63, 3.8) is 0 Å². The lowest BCUT2D eigenvalue weighted by Crippen LogP contribution is -2.46. The first-order valence-electron chi connectivity index (χ1n) is 3.56. The average Bonchev–Trinajstić information content (AvgIpc) is 2.34. The zero-order chi connectivity index (χ0) is 10.1. The van der Waals surface area contributed by atoms with E-state index >= 15 is 0 Å². The molecule has 0 saturated carbocycles. The highest BCUT2D eigenvalue weighted by molar-refractivity contribution is 5.90. The number of carbonyl (C=O) groups is 2. The Morgan fingerprint density at radius 1 is 1.54 bits per heavy atom. The van der Waals surface area contributed by atoms with Crippen LogP contribution in [0, 0.1) is 0 Å². The Labute approximate surface area is 71.5 Å². The zero-order valence-corrected chi connectivity index (χ0v) is 6.44. The quantitative estimate of drug-likeness (QED) is 0.597. The Kier molecular flexibility index (Phi) is 2.44. The van der Waals surface area contributed by atoms with Gasteiger partial charge in [-0.1, -0.05) is 0 Å². The minimum absolute atomic E-state index is 0.195. The summed E-state index contributed by atoms with van der Waals surface area (Å²) in [6, 6.07) is -1.05. The van der Waals surface area contributed by atoms with E-state index in [9.17, 15) is 22.8 Å². The maximum atomic E-state index is 11.7. The van der Waals surface area contributed by atoms with Gasteiger partial charge in [0.1, 0.15) is 6.04 Å². The standard InChI is InChI=1S/C6H7F3N2O2/c7-6(8,9)5(13)11-3-1-2-10-4(3)12/h3H,1-2H2,(H,10,12)(H,11,13). The molecule has 0 bridgehead atoms. The molecule has 7 heteroatoms. The van der Waals surface area contributed by atoms with Crippen molar-refractivity contribution in [1.29, 1.82) is 0 Å². The molecular formula is C6H7F3N2O2. The van der Waals surface area contributed by atoms with E-state index in [-0.39, 0.29) is 6.42 Å². The normalized spacial score (nSPS) is 22.7.